The van der Waals surface area contributed by atoms with Crippen molar-refractivity contribution < 1.29 is 8.60 Å². The first-order valence-electron chi connectivity index (χ1n) is 5.53. The number of nitrogens with zero attached hydrogens (tertiary/aromatic N) is 1. The SMILES string of the molecule is N#Cc1ccc(F)cc1CS(=O)c1cc(Cl)ccc1Cl. The molecule has 20 heavy (non-hydrogen) atoms. The molecule has 0 heterocycles. The first-order valence-corrected chi connectivity index (χ1v) is 7.60. The highest BCUT2D eigenvalue weighted by atomic mass is 35.5. The molecule has 0 saturated heterocycles. The van der Waals surface area contributed by atoms with Crippen LogP contribution in [-0.2, 0) is 16.6 Å². The number of hydrogen-bond acceptors (Lipinski definition) is 2. The normalized spacial score (nSPS) is 11.9. The van der Waals surface area contributed by atoms with Gasteiger partial charge in [-0.05, 0) is 42.0 Å². The molecule has 0 radical (unpaired) electrons. The summed E-state index contributed by atoms with van der Waals surface area (Å²) in [6.45, 7) is 0. The second-order valence-corrected chi connectivity index (χ2v) is 6.24. The summed E-state index contributed by atoms with van der Waals surface area (Å²) in [5, 5.41) is 9.71. The molecule has 6 heteroatoms. The minimum Gasteiger partial charge on any atom is -0.254 e. The van der Waals surface area contributed by atoms with Crippen LogP contribution in [-0.4, -0.2) is 4.21 Å². The maximum absolute atomic E-state index is 13.2. The molecule has 0 aliphatic heterocycles. The number of nitriles is 1. The zero-order valence-electron chi connectivity index (χ0n) is 10.1. The molecule has 0 bridgehead atoms. The lowest BCUT2D eigenvalue weighted by molar-refractivity contribution is 0.626. The van der Waals surface area contributed by atoms with Gasteiger partial charge in [0.2, 0.25) is 0 Å². The summed E-state index contributed by atoms with van der Waals surface area (Å²) in [6, 6.07) is 10.3. The molecule has 0 fully saturated rings. The first kappa shape index (κ1) is 15.0. The van der Waals surface area contributed by atoms with E-state index in [1.54, 1.807) is 12.1 Å². The minimum absolute atomic E-state index is 0.000710. The fourth-order valence-electron chi connectivity index (χ4n) is 1.66. The third-order valence-corrected chi connectivity index (χ3v) is 4.69. The van der Waals surface area contributed by atoms with Crippen LogP contribution in [0.4, 0.5) is 4.39 Å². The van der Waals surface area contributed by atoms with Crippen LogP contribution >= 0.6 is 23.2 Å². The summed E-state index contributed by atoms with van der Waals surface area (Å²) < 4.78 is 25.5. The van der Waals surface area contributed by atoms with Crippen molar-refractivity contribution in [2.24, 2.45) is 0 Å². The molecule has 0 aliphatic carbocycles. The number of benzene rings is 2. The molecule has 2 rings (SSSR count). The highest BCUT2D eigenvalue weighted by Crippen LogP contribution is 2.26. The Morgan fingerprint density at radius 1 is 1.20 bits per heavy atom. The predicted octanol–water partition coefficient (Wildman–Crippen LogP) is 4.31. The third kappa shape index (κ3) is 3.37. The Labute approximate surface area is 128 Å². The Hall–Kier alpha value is -1.41. The molecule has 0 N–H and O–H groups in total. The molecule has 0 aliphatic rings. The van der Waals surface area contributed by atoms with Gasteiger partial charge < -0.3 is 0 Å². The Bertz CT molecular complexity index is 728. The topological polar surface area (TPSA) is 40.9 Å². The first-order chi connectivity index (χ1) is 9.51. The summed E-state index contributed by atoms with van der Waals surface area (Å²) in [4.78, 5) is 0.368. The number of halogens is 3. The van der Waals surface area contributed by atoms with Crippen molar-refractivity contribution in [1.82, 2.24) is 0 Å². The van der Waals surface area contributed by atoms with Gasteiger partial charge in [-0.1, -0.05) is 23.2 Å². The second kappa shape index (κ2) is 6.36. The van der Waals surface area contributed by atoms with E-state index in [1.165, 1.54) is 24.3 Å². The van der Waals surface area contributed by atoms with Gasteiger partial charge in [0, 0.05) is 5.02 Å². The van der Waals surface area contributed by atoms with Gasteiger partial charge in [-0.25, -0.2) is 4.39 Å². The molecule has 0 spiro atoms. The van der Waals surface area contributed by atoms with Crippen molar-refractivity contribution in [3.63, 3.8) is 0 Å². The van der Waals surface area contributed by atoms with Gasteiger partial charge >= 0.3 is 0 Å². The summed E-state index contributed by atoms with van der Waals surface area (Å²) in [5.41, 5.74) is 0.666. The summed E-state index contributed by atoms with van der Waals surface area (Å²) in [6.07, 6.45) is 0. The predicted molar refractivity (Wildman–Crippen MR) is 77.7 cm³/mol. The van der Waals surface area contributed by atoms with Gasteiger partial charge in [0.25, 0.3) is 0 Å². The van der Waals surface area contributed by atoms with Crippen molar-refractivity contribution in [1.29, 1.82) is 5.26 Å². The molecule has 1 atom stereocenters. The van der Waals surface area contributed by atoms with E-state index in [2.05, 4.69) is 0 Å². The highest BCUT2D eigenvalue weighted by molar-refractivity contribution is 7.84. The lowest BCUT2D eigenvalue weighted by Crippen LogP contribution is -2.00. The minimum atomic E-state index is -1.51. The molecule has 0 amide bonds. The maximum Gasteiger partial charge on any atom is 0.123 e. The van der Waals surface area contributed by atoms with Gasteiger partial charge in [0.1, 0.15) is 5.82 Å². The standard InChI is InChI=1S/C14H8Cl2FNOS/c15-11-2-4-13(16)14(6-11)20(19)8-10-5-12(17)3-1-9(10)7-18/h1-6H,8H2. The zero-order valence-corrected chi connectivity index (χ0v) is 12.4. The van der Waals surface area contributed by atoms with E-state index in [0.29, 0.717) is 20.5 Å². The summed E-state index contributed by atoms with van der Waals surface area (Å²) in [5.74, 6) is -0.478. The van der Waals surface area contributed by atoms with Crippen LogP contribution < -0.4 is 0 Å². The van der Waals surface area contributed by atoms with Crippen LogP contribution in [0.3, 0.4) is 0 Å². The van der Waals surface area contributed by atoms with Crippen molar-refractivity contribution in [2.75, 3.05) is 0 Å². The fourth-order valence-corrected chi connectivity index (χ4v) is 3.49. The van der Waals surface area contributed by atoms with Crippen molar-refractivity contribution >= 4 is 34.0 Å². The second-order valence-electron chi connectivity index (χ2n) is 3.98. The van der Waals surface area contributed by atoms with E-state index in [-0.39, 0.29) is 11.3 Å². The zero-order chi connectivity index (χ0) is 14.7. The summed E-state index contributed by atoms with van der Waals surface area (Å²) >= 11 is 11.8. The molecule has 0 aromatic heterocycles. The van der Waals surface area contributed by atoms with Gasteiger partial charge in [0.05, 0.1) is 38.1 Å². The quantitative estimate of drug-likeness (QED) is 0.842. The molecule has 2 nitrogen and oxygen atoms in total. The average Bonchev–Trinajstić information content (AvgIpc) is 2.41. The Kier molecular flexibility index (Phi) is 4.77. The molecule has 1 unspecified atom stereocenters. The van der Waals surface area contributed by atoms with E-state index in [9.17, 15) is 8.60 Å². The largest absolute Gasteiger partial charge is 0.254 e. The highest BCUT2D eigenvalue weighted by Gasteiger charge is 2.13. The van der Waals surface area contributed by atoms with E-state index < -0.39 is 16.6 Å². The van der Waals surface area contributed by atoms with Crippen molar-refractivity contribution in [3.05, 3.63) is 63.4 Å². The molecule has 102 valence electrons. The van der Waals surface area contributed by atoms with Gasteiger partial charge in [-0.3, -0.25) is 4.21 Å². The van der Waals surface area contributed by atoms with Crippen molar-refractivity contribution in [2.45, 2.75) is 10.6 Å². The molecule has 2 aromatic rings. The molecular weight excluding hydrogens is 320 g/mol. The van der Waals surface area contributed by atoms with E-state index >= 15 is 0 Å². The smallest absolute Gasteiger partial charge is 0.123 e. The maximum atomic E-state index is 13.2. The van der Waals surface area contributed by atoms with Crippen LogP contribution in [0.5, 0.6) is 0 Å². The fraction of sp³-hybridized carbons (Fsp3) is 0.0714. The molecule has 0 saturated carbocycles. The van der Waals surface area contributed by atoms with E-state index in [1.807, 2.05) is 6.07 Å². The number of rotatable bonds is 3. The van der Waals surface area contributed by atoms with Gasteiger partial charge in [-0.2, -0.15) is 5.26 Å². The van der Waals surface area contributed by atoms with Crippen LogP contribution in [0.15, 0.2) is 41.3 Å². The van der Waals surface area contributed by atoms with Crippen LogP contribution in [0, 0.1) is 17.1 Å². The number of hydrogen-bond donors (Lipinski definition) is 0. The average molecular weight is 328 g/mol. The Morgan fingerprint density at radius 3 is 2.65 bits per heavy atom. The molecular formula is C14H8Cl2FNOS. The Balaban J connectivity index is 2.35. The van der Waals surface area contributed by atoms with Crippen LogP contribution in [0.25, 0.3) is 0 Å². The monoisotopic (exact) mass is 327 g/mol. The van der Waals surface area contributed by atoms with E-state index in [4.69, 9.17) is 28.5 Å². The van der Waals surface area contributed by atoms with Crippen molar-refractivity contribution in [3.8, 4) is 6.07 Å². The van der Waals surface area contributed by atoms with E-state index in [0.717, 1.165) is 0 Å². The van der Waals surface area contributed by atoms with Crippen LogP contribution in [0.1, 0.15) is 11.1 Å². The summed E-state index contributed by atoms with van der Waals surface area (Å²) in [7, 11) is -1.51. The lowest BCUT2D eigenvalue weighted by atomic mass is 10.1. The van der Waals surface area contributed by atoms with Gasteiger partial charge in [-0.15, -0.1) is 0 Å². The lowest BCUT2D eigenvalue weighted by Gasteiger charge is -2.07. The van der Waals surface area contributed by atoms with Crippen LogP contribution in [0.2, 0.25) is 10.0 Å². The van der Waals surface area contributed by atoms with Gasteiger partial charge in [0.15, 0.2) is 0 Å². The third-order valence-electron chi connectivity index (χ3n) is 2.61. The Morgan fingerprint density at radius 2 is 1.95 bits per heavy atom. The molecule has 2 aromatic carbocycles.